The predicted octanol–water partition coefficient (Wildman–Crippen LogP) is 1.22. The summed E-state index contributed by atoms with van der Waals surface area (Å²) >= 11 is 0. The van der Waals surface area contributed by atoms with Crippen LogP contribution in [0, 0.1) is 0 Å². The molecule has 0 aliphatic carbocycles. The van der Waals surface area contributed by atoms with Gasteiger partial charge in [-0.3, -0.25) is 0 Å². The lowest BCUT2D eigenvalue weighted by Crippen LogP contribution is -2.36. The molecular formula is C15H26N4O2. The summed E-state index contributed by atoms with van der Waals surface area (Å²) in [5.74, 6) is 1.10. The van der Waals surface area contributed by atoms with Crippen molar-refractivity contribution in [3.63, 3.8) is 0 Å². The van der Waals surface area contributed by atoms with Gasteiger partial charge in [0.05, 0.1) is 13.2 Å². The fraction of sp³-hybridized carbons (Fsp3) is 0.667. The number of anilines is 2. The smallest absolute Gasteiger partial charge is 0.217 e. The van der Waals surface area contributed by atoms with Crippen molar-refractivity contribution in [3.05, 3.63) is 12.1 Å². The molecule has 0 atom stereocenters. The lowest BCUT2D eigenvalue weighted by molar-refractivity contribution is 0.122. The van der Waals surface area contributed by atoms with Crippen molar-refractivity contribution in [3.8, 4) is 5.88 Å². The van der Waals surface area contributed by atoms with Gasteiger partial charge in [0, 0.05) is 37.5 Å². The Hall–Kier alpha value is -1.53. The Morgan fingerprint density at radius 3 is 2.67 bits per heavy atom. The molecule has 1 saturated heterocycles. The zero-order chi connectivity index (χ0) is 15.1. The first kappa shape index (κ1) is 15.9. The zero-order valence-electron chi connectivity index (χ0n) is 13.0. The lowest BCUT2D eigenvalue weighted by Gasteiger charge is -2.29. The van der Waals surface area contributed by atoms with E-state index in [-0.39, 0.29) is 0 Å². The summed E-state index contributed by atoms with van der Waals surface area (Å²) < 4.78 is 11.1. The highest BCUT2D eigenvalue weighted by atomic mass is 16.5. The van der Waals surface area contributed by atoms with Gasteiger partial charge in [-0.1, -0.05) is 13.8 Å². The van der Waals surface area contributed by atoms with Crippen molar-refractivity contribution in [2.45, 2.75) is 13.8 Å². The number of nitrogens with zero attached hydrogens (tertiary/aromatic N) is 3. The van der Waals surface area contributed by atoms with Gasteiger partial charge >= 0.3 is 0 Å². The fourth-order valence-electron chi connectivity index (χ4n) is 2.41. The van der Waals surface area contributed by atoms with Crippen molar-refractivity contribution in [2.24, 2.45) is 0 Å². The van der Waals surface area contributed by atoms with Crippen LogP contribution in [0.5, 0.6) is 5.88 Å². The van der Waals surface area contributed by atoms with Gasteiger partial charge in [0.25, 0.3) is 0 Å². The van der Waals surface area contributed by atoms with Gasteiger partial charge in [-0.25, -0.2) is 0 Å². The summed E-state index contributed by atoms with van der Waals surface area (Å²) in [5.41, 5.74) is 6.95. The van der Waals surface area contributed by atoms with Crippen LogP contribution in [0.4, 0.5) is 11.5 Å². The van der Waals surface area contributed by atoms with Crippen LogP contribution >= 0.6 is 0 Å². The van der Waals surface area contributed by atoms with Crippen LogP contribution in [0.25, 0.3) is 0 Å². The standard InChI is InChI=1S/C15H26N4O2/c1-3-18(4-2)5-10-21-15-12-13(11-14(16)17-15)19-6-8-20-9-7-19/h11-12H,3-10H2,1-2H3,(H2,16,17). The second-order valence-electron chi connectivity index (χ2n) is 5.06. The number of aromatic nitrogens is 1. The molecule has 118 valence electrons. The summed E-state index contributed by atoms with van der Waals surface area (Å²) in [6.07, 6.45) is 0. The molecular weight excluding hydrogens is 268 g/mol. The maximum atomic E-state index is 5.89. The summed E-state index contributed by atoms with van der Waals surface area (Å²) in [4.78, 5) is 8.82. The third-order valence-corrected chi connectivity index (χ3v) is 3.73. The third kappa shape index (κ3) is 4.75. The molecule has 0 unspecified atom stereocenters. The highest BCUT2D eigenvalue weighted by Crippen LogP contribution is 2.23. The highest BCUT2D eigenvalue weighted by molar-refractivity contribution is 5.55. The summed E-state index contributed by atoms with van der Waals surface area (Å²) in [5, 5.41) is 0. The van der Waals surface area contributed by atoms with Gasteiger partial charge in [0.15, 0.2) is 0 Å². The van der Waals surface area contributed by atoms with E-state index >= 15 is 0 Å². The van der Waals surface area contributed by atoms with Gasteiger partial charge in [-0.2, -0.15) is 4.98 Å². The average molecular weight is 294 g/mol. The molecule has 1 aliphatic rings. The predicted molar refractivity (Wildman–Crippen MR) is 85.0 cm³/mol. The molecule has 1 aromatic heterocycles. The van der Waals surface area contributed by atoms with Crippen molar-refractivity contribution >= 4 is 11.5 Å². The Morgan fingerprint density at radius 2 is 2.00 bits per heavy atom. The van der Waals surface area contributed by atoms with Crippen LogP contribution in [0.2, 0.25) is 0 Å². The van der Waals surface area contributed by atoms with Gasteiger partial charge in [0.2, 0.25) is 5.88 Å². The second kappa shape index (κ2) is 8.05. The first-order valence-electron chi connectivity index (χ1n) is 7.68. The minimum Gasteiger partial charge on any atom is -0.476 e. The lowest BCUT2D eigenvalue weighted by atomic mass is 10.3. The number of nitrogens with two attached hydrogens (primary N) is 1. The Balaban J connectivity index is 1.94. The SMILES string of the molecule is CCN(CC)CCOc1cc(N2CCOCC2)cc(N)n1. The van der Waals surface area contributed by atoms with E-state index < -0.39 is 0 Å². The number of hydrogen-bond donors (Lipinski definition) is 1. The molecule has 1 aliphatic heterocycles. The van der Waals surface area contributed by atoms with E-state index in [1.807, 2.05) is 12.1 Å². The Kier molecular flexibility index (Phi) is 6.07. The molecule has 21 heavy (non-hydrogen) atoms. The number of pyridine rings is 1. The van der Waals surface area contributed by atoms with Crippen LogP contribution < -0.4 is 15.4 Å². The van der Waals surface area contributed by atoms with E-state index in [9.17, 15) is 0 Å². The normalized spacial score (nSPS) is 15.5. The van der Waals surface area contributed by atoms with Crippen molar-refractivity contribution in [1.82, 2.24) is 9.88 Å². The topological polar surface area (TPSA) is 63.9 Å². The average Bonchev–Trinajstić information content (AvgIpc) is 2.52. The van der Waals surface area contributed by atoms with Crippen LogP contribution in [0.15, 0.2) is 12.1 Å². The number of nitrogen functional groups attached to an aromatic ring is 1. The minimum absolute atomic E-state index is 0.497. The minimum atomic E-state index is 0.497. The van der Waals surface area contributed by atoms with Gasteiger partial charge in [-0.05, 0) is 13.1 Å². The van der Waals surface area contributed by atoms with E-state index in [2.05, 4.69) is 28.6 Å². The molecule has 2 heterocycles. The van der Waals surface area contributed by atoms with E-state index in [0.29, 0.717) is 18.3 Å². The number of hydrogen-bond acceptors (Lipinski definition) is 6. The molecule has 6 heteroatoms. The van der Waals surface area contributed by atoms with Gasteiger partial charge < -0.3 is 25.0 Å². The first-order chi connectivity index (χ1) is 10.2. The van der Waals surface area contributed by atoms with E-state index in [0.717, 1.165) is 51.6 Å². The summed E-state index contributed by atoms with van der Waals surface area (Å²) in [7, 11) is 0. The van der Waals surface area contributed by atoms with E-state index in [1.54, 1.807) is 0 Å². The fourth-order valence-corrected chi connectivity index (χ4v) is 2.41. The molecule has 0 aromatic carbocycles. The summed E-state index contributed by atoms with van der Waals surface area (Å²) in [6, 6.07) is 3.85. The highest BCUT2D eigenvalue weighted by Gasteiger charge is 2.13. The van der Waals surface area contributed by atoms with Crippen molar-refractivity contribution in [1.29, 1.82) is 0 Å². The quantitative estimate of drug-likeness (QED) is 0.816. The molecule has 1 fully saturated rings. The first-order valence-corrected chi connectivity index (χ1v) is 7.68. The van der Waals surface area contributed by atoms with Gasteiger partial charge in [0.1, 0.15) is 12.4 Å². The molecule has 0 bridgehead atoms. The molecule has 2 rings (SSSR count). The van der Waals surface area contributed by atoms with E-state index in [1.165, 1.54) is 0 Å². The van der Waals surface area contributed by atoms with Crippen LogP contribution in [-0.2, 0) is 4.74 Å². The third-order valence-electron chi connectivity index (χ3n) is 3.73. The molecule has 0 spiro atoms. The maximum Gasteiger partial charge on any atom is 0.217 e. The number of likely N-dealkylation sites (N-methyl/N-ethyl adjacent to an activating group) is 1. The molecule has 1 aromatic rings. The number of ether oxygens (including phenoxy) is 2. The van der Waals surface area contributed by atoms with Crippen molar-refractivity contribution < 1.29 is 9.47 Å². The maximum absolute atomic E-state index is 5.89. The Labute approximate surface area is 126 Å². The van der Waals surface area contributed by atoms with Gasteiger partial charge in [-0.15, -0.1) is 0 Å². The molecule has 6 nitrogen and oxygen atoms in total. The number of morpholine rings is 1. The van der Waals surface area contributed by atoms with Crippen LogP contribution in [0.1, 0.15) is 13.8 Å². The summed E-state index contributed by atoms with van der Waals surface area (Å²) in [6.45, 7) is 11.1. The van der Waals surface area contributed by atoms with Crippen molar-refractivity contribution in [2.75, 3.05) is 63.2 Å². The largest absolute Gasteiger partial charge is 0.476 e. The molecule has 0 saturated carbocycles. The second-order valence-corrected chi connectivity index (χ2v) is 5.06. The van der Waals surface area contributed by atoms with E-state index in [4.69, 9.17) is 15.2 Å². The monoisotopic (exact) mass is 294 g/mol. The van der Waals surface area contributed by atoms with Crippen LogP contribution in [0.3, 0.4) is 0 Å². The molecule has 2 N–H and O–H groups in total. The van der Waals surface area contributed by atoms with Crippen LogP contribution in [-0.4, -0.2) is 62.4 Å². The molecule has 0 radical (unpaired) electrons. The molecule has 0 amide bonds. The number of rotatable bonds is 7. The Morgan fingerprint density at radius 1 is 1.29 bits per heavy atom. The Bertz CT molecular complexity index is 432. The zero-order valence-corrected chi connectivity index (χ0v) is 13.0.